The van der Waals surface area contributed by atoms with E-state index in [0.717, 1.165) is 42.0 Å². The number of anilines is 1. The molecule has 100 valence electrons. The summed E-state index contributed by atoms with van der Waals surface area (Å²) in [5.41, 5.74) is 0. The van der Waals surface area contributed by atoms with Crippen molar-refractivity contribution in [2.75, 3.05) is 18.0 Å². The third kappa shape index (κ3) is 2.53. The summed E-state index contributed by atoms with van der Waals surface area (Å²) in [5, 5.41) is 6.15. The van der Waals surface area contributed by atoms with Crippen LogP contribution in [0, 0.1) is 0 Å². The molecular formula is C13H16N4OS. The number of carbonyl (C=O) groups excluding carboxylic acids is 1. The van der Waals surface area contributed by atoms with Crippen molar-refractivity contribution < 1.29 is 4.79 Å². The van der Waals surface area contributed by atoms with Gasteiger partial charge in [-0.15, -0.1) is 11.3 Å². The van der Waals surface area contributed by atoms with Crippen molar-refractivity contribution in [1.29, 1.82) is 0 Å². The van der Waals surface area contributed by atoms with Gasteiger partial charge in [0, 0.05) is 26.1 Å². The summed E-state index contributed by atoms with van der Waals surface area (Å²) in [4.78, 5) is 23.1. The Kier molecular flexibility index (Phi) is 3.33. The summed E-state index contributed by atoms with van der Waals surface area (Å²) < 4.78 is 0. The molecule has 3 heterocycles. The number of carbonyl (C=O) groups is 1. The molecule has 1 saturated heterocycles. The lowest BCUT2D eigenvalue weighted by atomic mass is 10.1. The van der Waals surface area contributed by atoms with Crippen LogP contribution in [0.2, 0.25) is 0 Å². The van der Waals surface area contributed by atoms with Gasteiger partial charge in [-0.1, -0.05) is 0 Å². The standard InChI is InChI=1S/C13H16N4OS/c1-9(18)16-10-3-2-5-17(7-10)12-11-4-6-19-13(11)15-8-14-12/h4,6,8,10H,2-3,5,7H2,1H3,(H,16,18). The zero-order chi connectivity index (χ0) is 13.2. The summed E-state index contributed by atoms with van der Waals surface area (Å²) in [7, 11) is 0. The first kappa shape index (κ1) is 12.3. The highest BCUT2D eigenvalue weighted by molar-refractivity contribution is 7.16. The number of nitrogens with one attached hydrogen (secondary N) is 1. The second-order valence-electron chi connectivity index (χ2n) is 4.82. The molecule has 2 aromatic heterocycles. The van der Waals surface area contributed by atoms with E-state index in [9.17, 15) is 4.79 Å². The topological polar surface area (TPSA) is 58.1 Å². The van der Waals surface area contributed by atoms with Crippen LogP contribution in [0.4, 0.5) is 5.82 Å². The van der Waals surface area contributed by atoms with E-state index in [2.05, 4.69) is 26.3 Å². The molecule has 1 fully saturated rings. The van der Waals surface area contributed by atoms with E-state index in [1.807, 2.05) is 5.38 Å². The smallest absolute Gasteiger partial charge is 0.217 e. The van der Waals surface area contributed by atoms with E-state index in [1.54, 1.807) is 24.6 Å². The maximum absolute atomic E-state index is 11.2. The van der Waals surface area contributed by atoms with Gasteiger partial charge in [0.2, 0.25) is 5.91 Å². The number of rotatable bonds is 2. The number of nitrogens with zero attached hydrogens (tertiary/aromatic N) is 3. The summed E-state index contributed by atoms with van der Waals surface area (Å²) in [5.74, 6) is 1.02. The fraction of sp³-hybridized carbons (Fsp3) is 0.462. The van der Waals surface area contributed by atoms with E-state index >= 15 is 0 Å². The van der Waals surface area contributed by atoms with Gasteiger partial charge in [-0.3, -0.25) is 4.79 Å². The average molecular weight is 276 g/mol. The fourth-order valence-corrected chi connectivity index (χ4v) is 3.33. The average Bonchev–Trinajstić information content (AvgIpc) is 2.86. The molecule has 3 rings (SSSR count). The lowest BCUT2D eigenvalue weighted by molar-refractivity contribution is -0.119. The number of hydrogen-bond acceptors (Lipinski definition) is 5. The molecule has 0 bridgehead atoms. The van der Waals surface area contributed by atoms with Gasteiger partial charge in [-0.05, 0) is 24.3 Å². The van der Waals surface area contributed by atoms with E-state index < -0.39 is 0 Å². The SMILES string of the molecule is CC(=O)NC1CCCN(c2ncnc3sccc23)C1. The molecule has 1 aliphatic heterocycles. The largest absolute Gasteiger partial charge is 0.354 e. The minimum Gasteiger partial charge on any atom is -0.354 e. The molecule has 0 aromatic carbocycles. The highest BCUT2D eigenvalue weighted by Crippen LogP contribution is 2.28. The molecule has 1 unspecified atom stereocenters. The lowest BCUT2D eigenvalue weighted by Crippen LogP contribution is -2.47. The van der Waals surface area contributed by atoms with Crippen molar-refractivity contribution in [2.45, 2.75) is 25.8 Å². The maximum Gasteiger partial charge on any atom is 0.217 e. The van der Waals surface area contributed by atoms with Crippen molar-refractivity contribution in [3.05, 3.63) is 17.8 Å². The molecule has 6 heteroatoms. The summed E-state index contributed by atoms with van der Waals surface area (Å²) in [6.07, 6.45) is 3.73. The molecule has 2 aromatic rings. The molecule has 19 heavy (non-hydrogen) atoms. The minimum atomic E-state index is 0.0372. The van der Waals surface area contributed by atoms with Gasteiger partial charge in [0.25, 0.3) is 0 Å². The van der Waals surface area contributed by atoms with Crippen LogP contribution in [0.15, 0.2) is 17.8 Å². The number of aromatic nitrogens is 2. The van der Waals surface area contributed by atoms with Crippen molar-refractivity contribution in [1.82, 2.24) is 15.3 Å². The van der Waals surface area contributed by atoms with Gasteiger partial charge < -0.3 is 10.2 Å². The van der Waals surface area contributed by atoms with Gasteiger partial charge in [0.1, 0.15) is 17.0 Å². The summed E-state index contributed by atoms with van der Waals surface area (Å²) in [6, 6.07) is 2.28. The van der Waals surface area contributed by atoms with Crippen LogP contribution in [0.25, 0.3) is 10.2 Å². The van der Waals surface area contributed by atoms with Crippen LogP contribution >= 0.6 is 11.3 Å². The molecule has 1 amide bonds. The summed E-state index contributed by atoms with van der Waals surface area (Å²) >= 11 is 1.63. The Morgan fingerprint density at radius 3 is 3.26 bits per heavy atom. The van der Waals surface area contributed by atoms with Crippen LogP contribution in [0.5, 0.6) is 0 Å². The van der Waals surface area contributed by atoms with Crippen LogP contribution < -0.4 is 10.2 Å². The van der Waals surface area contributed by atoms with Crippen molar-refractivity contribution in [3.63, 3.8) is 0 Å². The van der Waals surface area contributed by atoms with Crippen LogP contribution in [-0.4, -0.2) is 35.0 Å². The third-order valence-corrected chi connectivity index (χ3v) is 4.19. The van der Waals surface area contributed by atoms with Crippen LogP contribution in [0.3, 0.4) is 0 Å². The second kappa shape index (κ2) is 5.13. The van der Waals surface area contributed by atoms with E-state index in [1.165, 1.54) is 0 Å². The van der Waals surface area contributed by atoms with Gasteiger partial charge in [0.15, 0.2) is 0 Å². The Morgan fingerprint density at radius 2 is 2.42 bits per heavy atom. The highest BCUT2D eigenvalue weighted by Gasteiger charge is 2.22. The summed E-state index contributed by atoms with van der Waals surface area (Å²) in [6.45, 7) is 3.38. The first-order valence-electron chi connectivity index (χ1n) is 6.44. The monoisotopic (exact) mass is 276 g/mol. The Hall–Kier alpha value is -1.69. The maximum atomic E-state index is 11.2. The third-order valence-electron chi connectivity index (χ3n) is 3.37. The Morgan fingerprint density at radius 1 is 1.53 bits per heavy atom. The molecular weight excluding hydrogens is 260 g/mol. The Balaban J connectivity index is 1.85. The zero-order valence-electron chi connectivity index (χ0n) is 10.8. The first-order valence-corrected chi connectivity index (χ1v) is 7.32. The first-order chi connectivity index (χ1) is 9.24. The van der Waals surface area contributed by atoms with Crippen LogP contribution in [-0.2, 0) is 4.79 Å². The fourth-order valence-electron chi connectivity index (χ4n) is 2.60. The predicted molar refractivity (Wildman–Crippen MR) is 76.5 cm³/mol. The van der Waals surface area contributed by atoms with E-state index in [0.29, 0.717) is 0 Å². The highest BCUT2D eigenvalue weighted by atomic mass is 32.1. The molecule has 0 spiro atoms. The lowest BCUT2D eigenvalue weighted by Gasteiger charge is -2.34. The van der Waals surface area contributed by atoms with Crippen molar-refractivity contribution >= 4 is 33.3 Å². The van der Waals surface area contributed by atoms with Gasteiger partial charge in [0.05, 0.1) is 5.39 Å². The predicted octanol–water partition coefficient (Wildman–Crippen LogP) is 1.80. The number of hydrogen-bond donors (Lipinski definition) is 1. The Bertz CT molecular complexity index is 597. The molecule has 0 aliphatic carbocycles. The number of amides is 1. The minimum absolute atomic E-state index is 0.0372. The molecule has 1 atom stereocenters. The van der Waals surface area contributed by atoms with E-state index in [4.69, 9.17) is 0 Å². The quantitative estimate of drug-likeness (QED) is 0.908. The van der Waals surface area contributed by atoms with Gasteiger partial charge in [-0.2, -0.15) is 0 Å². The van der Waals surface area contributed by atoms with E-state index in [-0.39, 0.29) is 11.9 Å². The number of thiophene rings is 1. The Labute approximate surface area is 115 Å². The molecule has 0 saturated carbocycles. The van der Waals surface area contributed by atoms with Crippen molar-refractivity contribution in [2.24, 2.45) is 0 Å². The van der Waals surface area contributed by atoms with Gasteiger partial charge >= 0.3 is 0 Å². The van der Waals surface area contributed by atoms with Gasteiger partial charge in [-0.25, -0.2) is 9.97 Å². The second-order valence-corrected chi connectivity index (χ2v) is 5.72. The number of fused-ring (bicyclic) bond motifs is 1. The van der Waals surface area contributed by atoms with Crippen molar-refractivity contribution in [3.8, 4) is 0 Å². The molecule has 1 aliphatic rings. The normalized spacial score (nSPS) is 19.6. The number of piperidine rings is 1. The molecule has 5 nitrogen and oxygen atoms in total. The zero-order valence-corrected chi connectivity index (χ0v) is 11.6. The molecule has 1 N–H and O–H groups in total. The van der Waals surface area contributed by atoms with Crippen LogP contribution in [0.1, 0.15) is 19.8 Å². The molecule has 0 radical (unpaired) electrons.